The number of rotatable bonds is 5. The predicted molar refractivity (Wildman–Crippen MR) is 97.8 cm³/mol. The van der Waals surface area contributed by atoms with E-state index >= 15 is 0 Å². The Morgan fingerprint density at radius 1 is 1.46 bits per heavy atom. The van der Waals surface area contributed by atoms with Crippen molar-refractivity contribution in [1.82, 2.24) is 9.97 Å². The zero-order chi connectivity index (χ0) is 17.3. The van der Waals surface area contributed by atoms with E-state index in [4.69, 9.17) is 27.1 Å². The van der Waals surface area contributed by atoms with Gasteiger partial charge in [-0.05, 0) is 25.5 Å². The van der Waals surface area contributed by atoms with Crippen LogP contribution < -0.4 is 10.5 Å². The lowest BCUT2D eigenvalue weighted by Gasteiger charge is -2.18. The molecule has 0 amide bonds. The van der Waals surface area contributed by atoms with Crippen LogP contribution in [0, 0.1) is 6.92 Å². The van der Waals surface area contributed by atoms with Crippen LogP contribution >= 0.6 is 11.6 Å². The molecule has 24 heavy (non-hydrogen) atoms. The van der Waals surface area contributed by atoms with Gasteiger partial charge >= 0.3 is 0 Å². The zero-order valence-electron chi connectivity index (χ0n) is 14.5. The van der Waals surface area contributed by atoms with E-state index in [9.17, 15) is 0 Å². The lowest BCUT2D eigenvalue weighted by molar-refractivity contribution is 0.337. The first-order valence-corrected chi connectivity index (χ1v) is 8.93. The zero-order valence-corrected chi connectivity index (χ0v) is 15.2. The summed E-state index contributed by atoms with van der Waals surface area (Å²) in [6, 6.07) is 4.08. The summed E-state index contributed by atoms with van der Waals surface area (Å²) in [5.41, 5.74) is 10.7. The van der Waals surface area contributed by atoms with E-state index in [1.165, 1.54) is 5.56 Å². The third kappa shape index (κ3) is 3.01. The van der Waals surface area contributed by atoms with E-state index in [1.54, 1.807) is 6.20 Å². The fourth-order valence-corrected chi connectivity index (χ4v) is 3.45. The molecule has 2 aromatic rings. The Labute approximate surface area is 148 Å². The van der Waals surface area contributed by atoms with E-state index in [-0.39, 0.29) is 5.92 Å². The smallest absolute Gasteiger partial charge is 0.149 e. The molecule has 1 aliphatic rings. The Bertz CT molecular complexity index is 748. The molecule has 3 heterocycles. The number of nitrogens with zero attached hydrogens (tertiary/aromatic N) is 2. The van der Waals surface area contributed by atoms with Gasteiger partial charge < -0.3 is 10.5 Å². The first-order valence-electron chi connectivity index (χ1n) is 8.55. The second kappa shape index (κ2) is 7.08. The fraction of sp³-hybridized carbons (Fsp3) is 0.474. The Morgan fingerprint density at radius 3 is 2.96 bits per heavy atom. The average Bonchev–Trinajstić information content (AvgIpc) is 2.96. The SMILES string of the molecule is CCCC(CN)c1cc2c(c(-c3ccnc(C)c3Cl)n1)OCC2C. The van der Waals surface area contributed by atoms with Gasteiger partial charge in [-0.2, -0.15) is 0 Å². The number of hydrogen-bond donors (Lipinski definition) is 1. The van der Waals surface area contributed by atoms with Crippen LogP contribution in [0.3, 0.4) is 0 Å². The number of aromatic nitrogens is 2. The minimum Gasteiger partial charge on any atom is -0.490 e. The van der Waals surface area contributed by atoms with Crippen molar-refractivity contribution in [2.75, 3.05) is 13.2 Å². The Hall–Kier alpha value is -1.65. The highest BCUT2D eigenvalue weighted by atomic mass is 35.5. The summed E-state index contributed by atoms with van der Waals surface area (Å²) in [5.74, 6) is 1.46. The second-order valence-electron chi connectivity index (χ2n) is 6.51. The Balaban J connectivity index is 2.20. The van der Waals surface area contributed by atoms with Crippen LogP contribution in [0.4, 0.5) is 0 Å². The lowest BCUT2D eigenvalue weighted by Crippen LogP contribution is -2.14. The molecule has 0 spiro atoms. The van der Waals surface area contributed by atoms with E-state index in [0.29, 0.717) is 24.1 Å². The van der Waals surface area contributed by atoms with Gasteiger partial charge in [0.15, 0.2) is 0 Å². The maximum Gasteiger partial charge on any atom is 0.149 e. The van der Waals surface area contributed by atoms with Gasteiger partial charge in [-0.25, -0.2) is 4.98 Å². The second-order valence-corrected chi connectivity index (χ2v) is 6.88. The molecule has 2 aromatic heterocycles. The van der Waals surface area contributed by atoms with Crippen LogP contribution in [-0.4, -0.2) is 23.1 Å². The largest absolute Gasteiger partial charge is 0.490 e. The third-order valence-electron chi connectivity index (χ3n) is 4.69. The molecule has 0 bridgehead atoms. The number of pyridine rings is 2. The summed E-state index contributed by atoms with van der Waals surface area (Å²) >= 11 is 6.51. The molecule has 128 valence electrons. The van der Waals surface area contributed by atoms with Crippen molar-refractivity contribution in [3.63, 3.8) is 0 Å². The maximum atomic E-state index is 6.51. The molecule has 0 saturated carbocycles. The molecule has 2 N–H and O–H groups in total. The summed E-state index contributed by atoms with van der Waals surface area (Å²) in [4.78, 5) is 9.18. The molecule has 2 atom stereocenters. The molecule has 4 nitrogen and oxygen atoms in total. The highest BCUT2D eigenvalue weighted by molar-refractivity contribution is 6.33. The average molecular weight is 346 g/mol. The molecule has 5 heteroatoms. The van der Waals surface area contributed by atoms with Crippen LogP contribution in [0.5, 0.6) is 5.75 Å². The molecular formula is C19H24ClN3O. The van der Waals surface area contributed by atoms with Crippen molar-refractivity contribution in [3.05, 3.63) is 40.3 Å². The fourth-order valence-electron chi connectivity index (χ4n) is 3.25. The molecular weight excluding hydrogens is 322 g/mol. The van der Waals surface area contributed by atoms with Crippen LogP contribution in [0.25, 0.3) is 11.3 Å². The number of ether oxygens (including phenoxy) is 1. The van der Waals surface area contributed by atoms with E-state index in [0.717, 1.165) is 41.2 Å². The molecule has 2 unspecified atom stereocenters. The van der Waals surface area contributed by atoms with Crippen LogP contribution in [0.15, 0.2) is 18.3 Å². The Kier molecular flexibility index (Phi) is 5.07. The van der Waals surface area contributed by atoms with Gasteiger partial charge in [0, 0.05) is 41.4 Å². The van der Waals surface area contributed by atoms with Gasteiger partial charge in [0.2, 0.25) is 0 Å². The van der Waals surface area contributed by atoms with Gasteiger partial charge in [-0.3, -0.25) is 4.98 Å². The van der Waals surface area contributed by atoms with E-state index in [1.807, 2.05) is 13.0 Å². The minimum atomic E-state index is 0.258. The van der Waals surface area contributed by atoms with Crippen LogP contribution in [0.1, 0.15) is 55.5 Å². The van der Waals surface area contributed by atoms with Crippen molar-refractivity contribution in [2.45, 2.75) is 45.4 Å². The summed E-state index contributed by atoms with van der Waals surface area (Å²) in [5, 5.41) is 0.632. The first kappa shape index (κ1) is 17.2. The lowest BCUT2D eigenvalue weighted by atomic mass is 9.93. The van der Waals surface area contributed by atoms with Crippen LogP contribution in [-0.2, 0) is 0 Å². The van der Waals surface area contributed by atoms with Gasteiger partial charge in [0.1, 0.15) is 11.4 Å². The van der Waals surface area contributed by atoms with Crippen molar-refractivity contribution in [1.29, 1.82) is 0 Å². The number of fused-ring (bicyclic) bond motifs is 1. The summed E-state index contributed by atoms with van der Waals surface area (Å²) < 4.78 is 5.95. The standard InChI is InChI=1S/C19H24ClN3O/c1-4-5-13(9-21)16-8-15-11(2)10-24-19(15)18(23-16)14-6-7-22-12(3)17(14)20/h6-8,11,13H,4-5,9-10,21H2,1-3H3. The Morgan fingerprint density at radius 2 is 2.25 bits per heavy atom. The van der Waals surface area contributed by atoms with Gasteiger partial charge in [0.25, 0.3) is 0 Å². The molecule has 3 rings (SSSR count). The molecule has 0 fully saturated rings. The number of nitrogens with two attached hydrogens (primary N) is 1. The summed E-state index contributed by atoms with van der Waals surface area (Å²) in [6.07, 6.45) is 3.87. The number of hydrogen-bond acceptors (Lipinski definition) is 4. The minimum absolute atomic E-state index is 0.258. The van der Waals surface area contributed by atoms with Crippen LogP contribution in [0.2, 0.25) is 5.02 Å². The summed E-state index contributed by atoms with van der Waals surface area (Å²) in [7, 11) is 0. The van der Waals surface area contributed by atoms with Gasteiger partial charge in [-0.1, -0.05) is 31.9 Å². The highest BCUT2D eigenvalue weighted by Gasteiger charge is 2.28. The first-order chi connectivity index (χ1) is 11.6. The summed E-state index contributed by atoms with van der Waals surface area (Å²) in [6.45, 7) is 7.52. The third-order valence-corrected chi connectivity index (χ3v) is 5.17. The highest BCUT2D eigenvalue weighted by Crippen LogP contribution is 2.44. The van der Waals surface area contributed by atoms with Crippen molar-refractivity contribution in [2.24, 2.45) is 5.73 Å². The molecule has 0 radical (unpaired) electrons. The van der Waals surface area contributed by atoms with Crippen molar-refractivity contribution < 1.29 is 4.74 Å². The molecule has 0 saturated heterocycles. The monoisotopic (exact) mass is 345 g/mol. The van der Waals surface area contributed by atoms with E-state index in [2.05, 4.69) is 24.9 Å². The maximum absolute atomic E-state index is 6.51. The van der Waals surface area contributed by atoms with Crippen molar-refractivity contribution >= 4 is 11.6 Å². The molecule has 1 aliphatic heterocycles. The van der Waals surface area contributed by atoms with Gasteiger partial charge in [-0.15, -0.1) is 0 Å². The number of aryl methyl sites for hydroxylation is 1. The van der Waals surface area contributed by atoms with Crippen molar-refractivity contribution in [3.8, 4) is 17.0 Å². The molecule has 0 aromatic carbocycles. The topological polar surface area (TPSA) is 61.0 Å². The molecule has 0 aliphatic carbocycles. The van der Waals surface area contributed by atoms with Gasteiger partial charge in [0.05, 0.1) is 17.3 Å². The normalized spacial score (nSPS) is 17.5. The predicted octanol–water partition coefficient (Wildman–Crippen LogP) is 4.44. The quantitative estimate of drug-likeness (QED) is 0.870. The van der Waals surface area contributed by atoms with E-state index < -0.39 is 0 Å². The number of halogens is 1.